The van der Waals surface area contributed by atoms with Gasteiger partial charge in [-0.15, -0.1) is 0 Å². The van der Waals surface area contributed by atoms with Gasteiger partial charge in [-0.1, -0.05) is 6.92 Å². The molecule has 0 aromatic carbocycles. The zero-order chi connectivity index (χ0) is 12.3. The Labute approximate surface area is 103 Å². The molecule has 0 saturated carbocycles. The quantitative estimate of drug-likeness (QED) is 0.774. The number of hydrogen-bond acceptors (Lipinski definition) is 5. The van der Waals surface area contributed by atoms with Gasteiger partial charge in [-0.25, -0.2) is 9.67 Å². The molecule has 0 atom stereocenters. The van der Waals surface area contributed by atoms with Crippen LogP contribution >= 0.6 is 11.8 Å². The molecule has 0 spiro atoms. The number of carbonyl (C=O) groups is 1. The van der Waals surface area contributed by atoms with E-state index in [2.05, 4.69) is 15.1 Å². The molecule has 0 aliphatic rings. The summed E-state index contributed by atoms with van der Waals surface area (Å²) in [6, 6.07) is 3.61. The fourth-order valence-corrected chi connectivity index (χ4v) is 2.00. The Hall–Kier alpha value is -1.69. The average molecular weight is 248 g/mol. The second-order valence-electron chi connectivity index (χ2n) is 3.42. The van der Waals surface area contributed by atoms with Crippen LogP contribution in [0, 0.1) is 0 Å². The van der Waals surface area contributed by atoms with Crippen LogP contribution in [0.25, 0.3) is 0 Å². The first-order valence-electron chi connectivity index (χ1n) is 5.22. The molecule has 0 saturated heterocycles. The van der Waals surface area contributed by atoms with Crippen molar-refractivity contribution in [1.29, 1.82) is 0 Å². The third-order valence-electron chi connectivity index (χ3n) is 2.22. The lowest BCUT2D eigenvalue weighted by molar-refractivity contribution is 0.0983. The van der Waals surface area contributed by atoms with Crippen LogP contribution in [0.3, 0.4) is 0 Å². The van der Waals surface area contributed by atoms with Crippen LogP contribution in [0.5, 0.6) is 0 Å². The predicted molar refractivity (Wildman–Crippen MR) is 64.0 cm³/mol. The van der Waals surface area contributed by atoms with Crippen LogP contribution in [0.15, 0.2) is 34.7 Å². The third kappa shape index (κ3) is 2.71. The minimum Gasteiger partial charge on any atom is -0.292 e. The maximum atomic E-state index is 11.4. The number of rotatable bonds is 4. The van der Waals surface area contributed by atoms with Crippen LogP contribution in [0.1, 0.15) is 23.8 Å². The topological polar surface area (TPSA) is 60.7 Å². The molecule has 0 aliphatic carbocycles. The van der Waals surface area contributed by atoms with E-state index in [4.69, 9.17) is 0 Å². The van der Waals surface area contributed by atoms with E-state index in [1.54, 1.807) is 16.9 Å². The molecule has 2 rings (SSSR count). The molecule has 0 radical (unpaired) electrons. The predicted octanol–water partition coefficient (Wildman–Crippen LogP) is 1.95. The van der Waals surface area contributed by atoms with Gasteiger partial charge >= 0.3 is 0 Å². The highest BCUT2D eigenvalue weighted by molar-refractivity contribution is 7.99. The van der Waals surface area contributed by atoms with E-state index >= 15 is 0 Å². The van der Waals surface area contributed by atoms with E-state index in [-0.39, 0.29) is 5.78 Å². The van der Waals surface area contributed by atoms with Crippen LogP contribution < -0.4 is 0 Å². The second kappa shape index (κ2) is 5.09. The zero-order valence-corrected chi connectivity index (χ0v) is 10.4. The molecule has 2 aromatic rings. The van der Waals surface area contributed by atoms with Gasteiger partial charge in [0.25, 0.3) is 0 Å². The van der Waals surface area contributed by atoms with E-state index in [1.165, 1.54) is 18.1 Å². The Morgan fingerprint density at radius 1 is 1.41 bits per heavy atom. The lowest BCUT2D eigenvalue weighted by Crippen LogP contribution is -1.99. The van der Waals surface area contributed by atoms with Crippen molar-refractivity contribution in [1.82, 2.24) is 19.7 Å². The molecule has 0 amide bonds. The van der Waals surface area contributed by atoms with Gasteiger partial charge in [-0.3, -0.25) is 9.78 Å². The van der Waals surface area contributed by atoms with Crippen molar-refractivity contribution in [3.63, 3.8) is 0 Å². The highest BCUT2D eigenvalue weighted by atomic mass is 32.2. The van der Waals surface area contributed by atoms with Crippen molar-refractivity contribution in [2.24, 2.45) is 7.05 Å². The summed E-state index contributed by atoms with van der Waals surface area (Å²) in [5.74, 6) is 0.0557. The van der Waals surface area contributed by atoms with Gasteiger partial charge in [0.15, 0.2) is 10.9 Å². The number of pyridine rings is 1. The first kappa shape index (κ1) is 11.8. The van der Waals surface area contributed by atoms with Crippen molar-refractivity contribution < 1.29 is 4.79 Å². The van der Waals surface area contributed by atoms with E-state index in [0.717, 1.165) is 10.1 Å². The average Bonchev–Trinajstić information content (AvgIpc) is 2.75. The first-order valence-corrected chi connectivity index (χ1v) is 6.03. The van der Waals surface area contributed by atoms with E-state index in [1.807, 2.05) is 20.0 Å². The molecule has 0 bridgehead atoms. The summed E-state index contributed by atoms with van der Waals surface area (Å²) in [5, 5.41) is 4.77. The van der Waals surface area contributed by atoms with Crippen molar-refractivity contribution >= 4 is 17.5 Å². The molecule has 0 unspecified atom stereocenters. The number of nitrogens with zero attached hydrogens (tertiary/aromatic N) is 4. The van der Waals surface area contributed by atoms with Crippen molar-refractivity contribution in [3.05, 3.63) is 30.4 Å². The number of ketones is 1. The van der Waals surface area contributed by atoms with Gasteiger partial charge in [-0.05, 0) is 23.9 Å². The molecular formula is C11H12N4OS. The van der Waals surface area contributed by atoms with E-state index < -0.39 is 0 Å². The standard InChI is InChI=1S/C11H12N4OS/c1-3-10(16)9-5-4-8(6-12-9)17-11-13-7-14-15(11)2/h4-7H,3H2,1-2H3. The molecule has 5 nitrogen and oxygen atoms in total. The summed E-state index contributed by atoms with van der Waals surface area (Å²) in [6.45, 7) is 1.83. The lowest BCUT2D eigenvalue weighted by Gasteiger charge is -2.01. The number of aryl methyl sites for hydroxylation is 1. The van der Waals surface area contributed by atoms with Crippen LogP contribution in [0.2, 0.25) is 0 Å². The summed E-state index contributed by atoms with van der Waals surface area (Å²) in [7, 11) is 1.83. The normalized spacial score (nSPS) is 10.5. The van der Waals surface area contributed by atoms with Crippen molar-refractivity contribution in [3.8, 4) is 0 Å². The fourth-order valence-electron chi connectivity index (χ4n) is 1.27. The van der Waals surface area contributed by atoms with Gasteiger partial charge in [0, 0.05) is 24.6 Å². The SMILES string of the molecule is CCC(=O)c1ccc(Sc2ncnn2C)cn1. The number of Topliss-reactive ketones (excluding diaryl/α,β-unsaturated/α-hetero) is 1. The van der Waals surface area contributed by atoms with Crippen LogP contribution in [-0.4, -0.2) is 25.5 Å². The molecule has 0 N–H and O–H groups in total. The van der Waals surface area contributed by atoms with Gasteiger partial charge in [-0.2, -0.15) is 5.10 Å². The molecule has 2 aromatic heterocycles. The molecule has 17 heavy (non-hydrogen) atoms. The lowest BCUT2D eigenvalue weighted by atomic mass is 10.2. The molecule has 88 valence electrons. The first-order chi connectivity index (χ1) is 8.20. The van der Waals surface area contributed by atoms with Gasteiger partial charge < -0.3 is 0 Å². The van der Waals surface area contributed by atoms with Crippen LogP contribution in [0.4, 0.5) is 0 Å². The highest BCUT2D eigenvalue weighted by Crippen LogP contribution is 2.24. The molecule has 6 heteroatoms. The number of aromatic nitrogens is 4. The monoisotopic (exact) mass is 248 g/mol. The molecular weight excluding hydrogens is 236 g/mol. The Kier molecular flexibility index (Phi) is 3.53. The van der Waals surface area contributed by atoms with E-state index in [9.17, 15) is 4.79 Å². The number of hydrogen-bond donors (Lipinski definition) is 0. The Morgan fingerprint density at radius 3 is 2.76 bits per heavy atom. The highest BCUT2D eigenvalue weighted by Gasteiger charge is 2.07. The summed E-state index contributed by atoms with van der Waals surface area (Å²) >= 11 is 1.46. The summed E-state index contributed by atoms with van der Waals surface area (Å²) in [4.78, 5) is 20.6. The van der Waals surface area contributed by atoms with Crippen molar-refractivity contribution in [2.75, 3.05) is 0 Å². The smallest absolute Gasteiger partial charge is 0.190 e. The summed E-state index contributed by atoms with van der Waals surface area (Å²) in [5.41, 5.74) is 0.509. The zero-order valence-electron chi connectivity index (χ0n) is 9.62. The van der Waals surface area contributed by atoms with Crippen molar-refractivity contribution in [2.45, 2.75) is 23.4 Å². The minimum atomic E-state index is 0.0557. The largest absolute Gasteiger partial charge is 0.292 e. The Bertz CT molecular complexity index is 521. The molecule has 0 aliphatic heterocycles. The summed E-state index contributed by atoms with van der Waals surface area (Å²) < 4.78 is 1.69. The third-order valence-corrected chi connectivity index (χ3v) is 3.25. The second-order valence-corrected chi connectivity index (χ2v) is 4.46. The maximum absolute atomic E-state index is 11.4. The Balaban J connectivity index is 2.14. The molecule has 0 fully saturated rings. The summed E-state index contributed by atoms with van der Waals surface area (Å²) in [6.07, 6.45) is 3.66. The number of carbonyl (C=O) groups excluding carboxylic acids is 1. The van der Waals surface area contributed by atoms with Gasteiger partial charge in [0.05, 0.1) is 0 Å². The van der Waals surface area contributed by atoms with Crippen LogP contribution in [-0.2, 0) is 7.05 Å². The van der Waals surface area contributed by atoms with E-state index in [0.29, 0.717) is 12.1 Å². The minimum absolute atomic E-state index is 0.0557. The van der Waals surface area contributed by atoms with Gasteiger partial charge in [0.2, 0.25) is 0 Å². The van der Waals surface area contributed by atoms with Gasteiger partial charge in [0.1, 0.15) is 12.0 Å². The maximum Gasteiger partial charge on any atom is 0.190 e. The molecule has 2 heterocycles. The Morgan fingerprint density at radius 2 is 2.24 bits per heavy atom. The fraction of sp³-hybridized carbons (Fsp3) is 0.273.